The molecule has 0 bridgehead atoms. The van der Waals surface area contributed by atoms with Crippen molar-refractivity contribution < 1.29 is 0 Å². The SMILES string of the molecule is Cc1cnc(N2CCC(N3CCCCC3)C2)cc1N. The van der Waals surface area contributed by atoms with E-state index in [2.05, 4.69) is 14.8 Å². The highest BCUT2D eigenvalue weighted by atomic mass is 15.3. The highest BCUT2D eigenvalue weighted by molar-refractivity contribution is 5.55. The number of hydrogen-bond donors (Lipinski definition) is 1. The summed E-state index contributed by atoms with van der Waals surface area (Å²) in [6.07, 6.45) is 7.29. The summed E-state index contributed by atoms with van der Waals surface area (Å²) in [5.41, 5.74) is 7.91. The number of anilines is 2. The number of piperidine rings is 1. The lowest BCUT2D eigenvalue weighted by atomic mass is 10.1. The highest BCUT2D eigenvalue weighted by Crippen LogP contribution is 2.25. The summed E-state index contributed by atoms with van der Waals surface area (Å²) in [5.74, 6) is 1.04. The molecule has 104 valence electrons. The first-order chi connectivity index (χ1) is 9.24. The second-order valence-electron chi connectivity index (χ2n) is 5.88. The van der Waals surface area contributed by atoms with Crippen LogP contribution in [0.4, 0.5) is 11.5 Å². The third-order valence-electron chi connectivity index (χ3n) is 4.52. The molecule has 0 aromatic carbocycles. The first-order valence-electron chi connectivity index (χ1n) is 7.45. The van der Waals surface area contributed by atoms with Crippen LogP contribution in [-0.4, -0.2) is 42.1 Å². The maximum atomic E-state index is 5.99. The van der Waals surface area contributed by atoms with Gasteiger partial charge < -0.3 is 10.6 Å². The van der Waals surface area contributed by atoms with Gasteiger partial charge in [0, 0.05) is 37.1 Å². The quantitative estimate of drug-likeness (QED) is 0.884. The summed E-state index contributed by atoms with van der Waals surface area (Å²) >= 11 is 0. The number of nitrogens with zero attached hydrogens (tertiary/aromatic N) is 3. The van der Waals surface area contributed by atoms with Crippen LogP contribution in [0.25, 0.3) is 0 Å². The summed E-state index contributed by atoms with van der Waals surface area (Å²) in [6, 6.07) is 2.73. The molecule has 1 atom stereocenters. The van der Waals surface area contributed by atoms with E-state index in [1.54, 1.807) is 0 Å². The Morgan fingerprint density at radius 2 is 2.00 bits per heavy atom. The molecular weight excluding hydrogens is 236 g/mol. The van der Waals surface area contributed by atoms with Gasteiger partial charge in [-0.2, -0.15) is 0 Å². The average molecular weight is 260 g/mol. The van der Waals surface area contributed by atoms with Gasteiger partial charge in [0.15, 0.2) is 0 Å². The van der Waals surface area contributed by atoms with Crippen molar-refractivity contribution in [2.45, 2.75) is 38.6 Å². The molecule has 0 spiro atoms. The van der Waals surface area contributed by atoms with Gasteiger partial charge >= 0.3 is 0 Å². The summed E-state index contributed by atoms with van der Waals surface area (Å²) in [5, 5.41) is 0. The molecule has 2 N–H and O–H groups in total. The molecule has 2 aliphatic heterocycles. The molecule has 2 fully saturated rings. The van der Waals surface area contributed by atoms with Crippen molar-refractivity contribution in [3.8, 4) is 0 Å². The summed E-state index contributed by atoms with van der Waals surface area (Å²) < 4.78 is 0. The fourth-order valence-electron chi connectivity index (χ4n) is 3.23. The minimum atomic E-state index is 0.713. The van der Waals surface area contributed by atoms with Crippen LogP contribution in [0.1, 0.15) is 31.2 Å². The van der Waals surface area contributed by atoms with Crippen molar-refractivity contribution in [1.29, 1.82) is 0 Å². The van der Waals surface area contributed by atoms with Gasteiger partial charge in [0.25, 0.3) is 0 Å². The minimum Gasteiger partial charge on any atom is -0.398 e. The largest absolute Gasteiger partial charge is 0.398 e. The molecule has 19 heavy (non-hydrogen) atoms. The molecule has 4 nitrogen and oxygen atoms in total. The standard InChI is InChI=1S/C15H24N4/c1-12-10-17-15(9-14(12)16)19-8-5-13(11-19)18-6-3-2-4-7-18/h9-10,13H,2-8,11H2,1H3,(H2,16,17). The Hall–Kier alpha value is -1.29. The van der Waals surface area contributed by atoms with Crippen LogP contribution >= 0.6 is 0 Å². The van der Waals surface area contributed by atoms with Crippen molar-refractivity contribution in [1.82, 2.24) is 9.88 Å². The van der Waals surface area contributed by atoms with Crippen LogP contribution in [0.2, 0.25) is 0 Å². The molecule has 1 aromatic rings. The second-order valence-corrected chi connectivity index (χ2v) is 5.88. The Balaban J connectivity index is 1.66. The smallest absolute Gasteiger partial charge is 0.130 e. The van der Waals surface area contributed by atoms with E-state index in [1.165, 1.54) is 38.8 Å². The van der Waals surface area contributed by atoms with Crippen molar-refractivity contribution >= 4 is 11.5 Å². The van der Waals surface area contributed by atoms with Gasteiger partial charge in [-0.3, -0.25) is 4.90 Å². The number of nitrogens with two attached hydrogens (primary N) is 1. The fourth-order valence-corrected chi connectivity index (χ4v) is 3.23. The van der Waals surface area contributed by atoms with E-state index in [4.69, 9.17) is 5.73 Å². The molecule has 0 amide bonds. The molecule has 2 aliphatic rings. The van der Waals surface area contributed by atoms with Crippen LogP contribution in [-0.2, 0) is 0 Å². The van der Waals surface area contributed by atoms with Gasteiger partial charge in [0.1, 0.15) is 5.82 Å². The predicted molar refractivity (Wildman–Crippen MR) is 79.4 cm³/mol. The zero-order valence-corrected chi connectivity index (χ0v) is 11.8. The van der Waals surface area contributed by atoms with Gasteiger partial charge in [-0.15, -0.1) is 0 Å². The fraction of sp³-hybridized carbons (Fsp3) is 0.667. The molecule has 4 heteroatoms. The van der Waals surface area contributed by atoms with Gasteiger partial charge in [-0.1, -0.05) is 6.42 Å². The van der Waals surface area contributed by atoms with E-state index in [0.29, 0.717) is 6.04 Å². The lowest BCUT2D eigenvalue weighted by molar-refractivity contribution is 0.175. The van der Waals surface area contributed by atoms with Crippen LogP contribution in [0.15, 0.2) is 12.3 Å². The number of aromatic nitrogens is 1. The molecule has 0 saturated carbocycles. The van der Waals surface area contributed by atoms with Crippen LogP contribution in [0, 0.1) is 6.92 Å². The highest BCUT2D eigenvalue weighted by Gasteiger charge is 2.29. The third kappa shape index (κ3) is 2.68. The van der Waals surface area contributed by atoms with E-state index in [0.717, 1.165) is 30.2 Å². The van der Waals surface area contributed by atoms with Crippen molar-refractivity contribution in [2.75, 3.05) is 36.8 Å². The molecule has 0 aliphatic carbocycles. The number of nitrogen functional groups attached to an aromatic ring is 1. The first-order valence-corrected chi connectivity index (χ1v) is 7.45. The summed E-state index contributed by atoms with van der Waals surface area (Å²) in [6.45, 7) is 6.78. The molecule has 2 saturated heterocycles. The summed E-state index contributed by atoms with van der Waals surface area (Å²) in [4.78, 5) is 9.58. The second kappa shape index (κ2) is 5.37. The average Bonchev–Trinajstić information content (AvgIpc) is 2.93. The Labute approximate surface area is 115 Å². The molecule has 1 aromatic heterocycles. The van der Waals surface area contributed by atoms with Gasteiger partial charge in [0.05, 0.1) is 0 Å². The van der Waals surface area contributed by atoms with E-state index >= 15 is 0 Å². The minimum absolute atomic E-state index is 0.713. The van der Waals surface area contributed by atoms with E-state index in [-0.39, 0.29) is 0 Å². The zero-order chi connectivity index (χ0) is 13.2. The van der Waals surface area contributed by atoms with Crippen molar-refractivity contribution in [3.05, 3.63) is 17.8 Å². The Kier molecular flexibility index (Phi) is 3.60. The number of rotatable bonds is 2. The predicted octanol–water partition coefficient (Wildman–Crippen LogP) is 2.04. The molecular formula is C15H24N4. The Bertz CT molecular complexity index is 440. The normalized spacial score (nSPS) is 24.9. The number of likely N-dealkylation sites (tertiary alicyclic amines) is 1. The van der Waals surface area contributed by atoms with Crippen LogP contribution < -0.4 is 10.6 Å². The summed E-state index contributed by atoms with van der Waals surface area (Å²) in [7, 11) is 0. The Morgan fingerprint density at radius 3 is 2.74 bits per heavy atom. The third-order valence-corrected chi connectivity index (χ3v) is 4.52. The van der Waals surface area contributed by atoms with Crippen LogP contribution in [0.5, 0.6) is 0 Å². The number of pyridine rings is 1. The van der Waals surface area contributed by atoms with Crippen LogP contribution in [0.3, 0.4) is 0 Å². The lowest BCUT2D eigenvalue weighted by Gasteiger charge is -2.32. The van der Waals surface area contributed by atoms with Gasteiger partial charge in [0.2, 0.25) is 0 Å². The lowest BCUT2D eigenvalue weighted by Crippen LogP contribution is -2.40. The first kappa shape index (κ1) is 12.7. The maximum absolute atomic E-state index is 5.99. The zero-order valence-electron chi connectivity index (χ0n) is 11.8. The number of aryl methyl sites for hydroxylation is 1. The van der Waals surface area contributed by atoms with E-state index in [1.807, 2.05) is 19.2 Å². The molecule has 3 heterocycles. The van der Waals surface area contributed by atoms with E-state index < -0.39 is 0 Å². The molecule has 1 unspecified atom stereocenters. The van der Waals surface area contributed by atoms with E-state index in [9.17, 15) is 0 Å². The van der Waals surface area contributed by atoms with Crippen molar-refractivity contribution in [2.24, 2.45) is 0 Å². The van der Waals surface area contributed by atoms with Gasteiger partial charge in [-0.05, 0) is 44.8 Å². The number of hydrogen-bond acceptors (Lipinski definition) is 4. The molecule has 3 rings (SSSR count). The molecule has 0 radical (unpaired) electrons. The van der Waals surface area contributed by atoms with Gasteiger partial charge in [-0.25, -0.2) is 4.98 Å². The Morgan fingerprint density at radius 1 is 1.21 bits per heavy atom. The monoisotopic (exact) mass is 260 g/mol. The van der Waals surface area contributed by atoms with Crippen molar-refractivity contribution in [3.63, 3.8) is 0 Å². The topological polar surface area (TPSA) is 45.4 Å². The maximum Gasteiger partial charge on any atom is 0.130 e.